The monoisotopic (exact) mass is 491 g/mol. The van der Waals surface area contributed by atoms with Gasteiger partial charge in [-0.25, -0.2) is 0 Å². The van der Waals surface area contributed by atoms with Crippen LogP contribution >= 0.6 is 11.8 Å². The Morgan fingerprint density at radius 2 is 2.00 bits per heavy atom. The fraction of sp³-hybridized carbons (Fsp3) is 0.346. The maximum atomic E-state index is 12.7. The second-order valence-electron chi connectivity index (χ2n) is 8.63. The van der Waals surface area contributed by atoms with Gasteiger partial charge in [-0.2, -0.15) is 0 Å². The minimum Gasteiger partial charge on any atom is -0.485 e. The van der Waals surface area contributed by atoms with E-state index in [2.05, 4.69) is 39.1 Å². The minimum atomic E-state index is -0.391. The van der Waals surface area contributed by atoms with Crippen molar-refractivity contribution in [2.24, 2.45) is 0 Å². The molecular weight excluding hydrogens is 462 g/mol. The van der Waals surface area contributed by atoms with Gasteiger partial charge in [0, 0.05) is 31.0 Å². The van der Waals surface area contributed by atoms with E-state index >= 15 is 0 Å². The average molecular weight is 492 g/mol. The van der Waals surface area contributed by atoms with E-state index in [1.165, 1.54) is 30.3 Å². The van der Waals surface area contributed by atoms with Gasteiger partial charge < -0.3 is 19.7 Å². The molecule has 35 heavy (non-hydrogen) atoms. The molecule has 3 aromatic rings. The van der Waals surface area contributed by atoms with Crippen LogP contribution in [-0.4, -0.2) is 46.1 Å². The second kappa shape index (κ2) is 10.4. The number of rotatable bonds is 8. The third-order valence-corrected chi connectivity index (χ3v) is 7.11. The quantitative estimate of drug-likeness (QED) is 0.364. The zero-order valence-electron chi connectivity index (χ0n) is 19.8. The predicted octanol–water partition coefficient (Wildman–Crippen LogP) is 4.62. The van der Waals surface area contributed by atoms with Gasteiger partial charge in [0.2, 0.25) is 5.91 Å². The third kappa shape index (κ3) is 5.14. The van der Waals surface area contributed by atoms with Crippen LogP contribution in [0.25, 0.3) is 0 Å². The van der Waals surface area contributed by atoms with Crippen molar-refractivity contribution < 1.29 is 14.3 Å². The summed E-state index contributed by atoms with van der Waals surface area (Å²) in [5, 5.41) is 12.4. The van der Waals surface area contributed by atoms with Gasteiger partial charge in [0.05, 0.1) is 5.75 Å². The molecule has 0 spiro atoms. The highest BCUT2D eigenvalue weighted by Crippen LogP contribution is 2.36. The van der Waals surface area contributed by atoms with Crippen molar-refractivity contribution in [3.8, 4) is 11.5 Å². The van der Waals surface area contributed by atoms with Crippen molar-refractivity contribution in [3.63, 3.8) is 0 Å². The number of anilines is 2. The fourth-order valence-electron chi connectivity index (χ4n) is 4.37. The van der Waals surface area contributed by atoms with E-state index in [1.54, 1.807) is 6.08 Å². The van der Waals surface area contributed by atoms with Crippen LogP contribution in [0.5, 0.6) is 11.5 Å². The maximum Gasteiger partial charge on any atom is 0.234 e. The van der Waals surface area contributed by atoms with Crippen molar-refractivity contribution in [1.82, 2.24) is 14.8 Å². The number of allylic oxidation sites excluding steroid dienone is 1. The van der Waals surface area contributed by atoms with E-state index < -0.39 is 6.10 Å². The van der Waals surface area contributed by atoms with Gasteiger partial charge in [-0.05, 0) is 55.7 Å². The summed E-state index contributed by atoms with van der Waals surface area (Å²) in [4.78, 5) is 15.1. The number of thioether (sulfide) groups is 1. The van der Waals surface area contributed by atoms with Crippen molar-refractivity contribution in [2.75, 3.05) is 35.7 Å². The number of carbonyl (C=O) groups excluding carboxylic acids is 1. The highest BCUT2D eigenvalue weighted by molar-refractivity contribution is 7.99. The smallest absolute Gasteiger partial charge is 0.234 e. The SMILES string of the molecule is C=CCn1c(SCC(=O)Nc2ccc(N3CCCC3)cc2C)nnc1C1COc2ccccc2O1. The number of nitrogens with zero attached hydrogens (tertiary/aromatic N) is 4. The summed E-state index contributed by atoms with van der Waals surface area (Å²) in [5.74, 6) is 2.17. The fourth-order valence-corrected chi connectivity index (χ4v) is 5.12. The van der Waals surface area contributed by atoms with Gasteiger partial charge in [0.25, 0.3) is 0 Å². The van der Waals surface area contributed by atoms with E-state index in [4.69, 9.17) is 9.47 Å². The highest BCUT2D eigenvalue weighted by Gasteiger charge is 2.28. The zero-order chi connectivity index (χ0) is 24.2. The van der Waals surface area contributed by atoms with Crippen LogP contribution in [-0.2, 0) is 11.3 Å². The molecule has 1 amide bonds. The van der Waals surface area contributed by atoms with Crippen molar-refractivity contribution in [2.45, 2.75) is 37.6 Å². The summed E-state index contributed by atoms with van der Waals surface area (Å²) in [6.45, 7) is 8.92. The van der Waals surface area contributed by atoms with Crippen molar-refractivity contribution in [1.29, 1.82) is 0 Å². The molecule has 2 aliphatic heterocycles. The molecule has 5 rings (SSSR count). The molecule has 3 heterocycles. The number of amides is 1. The van der Waals surface area contributed by atoms with Crippen LogP contribution in [0.4, 0.5) is 11.4 Å². The Morgan fingerprint density at radius 3 is 2.77 bits per heavy atom. The first kappa shape index (κ1) is 23.3. The lowest BCUT2D eigenvalue weighted by molar-refractivity contribution is -0.113. The number of para-hydroxylation sites is 2. The molecular formula is C26H29N5O3S. The lowest BCUT2D eigenvalue weighted by Gasteiger charge is -2.26. The van der Waals surface area contributed by atoms with Crippen molar-refractivity contribution >= 4 is 29.0 Å². The van der Waals surface area contributed by atoms with Gasteiger partial charge >= 0.3 is 0 Å². The number of carbonyl (C=O) groups is 1. The van der Waals surface area contributed by atoms with Gasteiger partial charge in [-0.3, -0.25) is 9.36 Å². The molecule has 2 aliphatic rings. The Labute approximate surface area is 209 Å². The van der Waals surface area contributed by atoms with Crippen LogP contribution < -0.4 is 19.7 Å². The highest BCUT2D eigenvalue weighted by atomic mass is 32.2. The zero-order valence-corrected chi connectivity index (χ0v) is 20.6. The number of aromatic nitrogens is 3. The van der Waals surface area contributed by atoms with Gasteiger partial charge in [0.15, 0.2) is 28.6 Å². The second-order valence-corrected chi connectivity index (χ2v) is 9.58. The molecule has 1 saturated heterocycles. The number of ether oxygens (including phenoxy) is 2. The summed E-state index contributed by atoms with van der Waals surface area (Å²) in [7, 11) is 0. The molecule has 0 aliphatic carbocycles. The lowest BCUT2D eigenvalue weighted by Crippen LogP contribution is -2.25. The number of aryl methyl sites for hydroxylation is 1. The largest absolute Gasteiger partial charge is 0.485 e. The summed E-state index contributed by atoms with van der Waals surface area (Å²) in [6.07, 6.45) is 3.86. The number of fused-ring (bicyclic) bond motifs is 1. The Balaban J connectivity index is 1.23. The topological polar surface area (TPSA) is 81.5 Å². The summed E-state index contributed by atoms with van der Waals surface area (Å²) < 4.78 is 13.9. The Bertz CT molecular complexity index is 1220. The molecule has 0 radical (unpaired) electrons. The number of hydrogen-bond donors (Lipinski definition) is 1. The van der Waals surface area contributed by atoms with E-state index in [9.17, 15) is 4.79 Å². The summed E-state index contributed by atoms with van der Waals surface area (Å²) in [6, 6.07) is 13.8. The normalized spacial score (nSPS) is 16.8. The Kier molecular flexibility index (Phi) is 6.94. The summed E-state index contributed by atoms with van der Waals surface area (Å²) in [5.41, 5.74) is 3.10. The van der Waals surface area contributed by atoms with Crippen LogP contribution in [0.2, 0.25) is 0 Å². The first-order chi connectivity index (χ1) is 17.1. The molecule has 1 N–H and O–H groups in total. The van der Waals surface area contributed by atoms with E-state index in [-0.39, 0.29) is 11.7 Å². The molecule has 1 fully saturated rings. The number of benzene rings is 2. The van der Waals surface area contributed by atoms with Gasteiger partial charge in [0.1, 0.15) is 6.61 Å². The summed E-state index contributed by atoms with van der Waals surface area (Å²) >= 11 is 1.34. The van der Waals surface area contributed by atoms with E-state index in [1.807, 2.05) is 41.8 Å². The molecule has 0 saturated carbocycles. The minimum absolute atomic E-state index is 0.0899. The predicted molar refractivity (Wildman–Crippen MR) is 138 cm³/mol. The standard InChI is InChI=1S/C26H29N5O3S/c1-3-12-31-25(23-16-33-21-8-4-5-9-22(21)34-23)28-29-26(31)35-17-24(32)27-20-11-10-19(15-18(20)2)30-13-6-7-14-30/h3-5,8-11,15,23H,1,6-7,12-14,16-17H2,2H3,(H,27,32). The number of nitrogens with one attached hydrogen (secondary N) is 1. The molecule has 1 aromatic heterocycles. The van der Waals surface area contributed by atoms with Gasteiger partial charge in [-0.15, -0.1) is 16.8 Å². The molecule has 2 aromatic carbocycles. The molecule has 9 heteroatoms. The maximum absolute atomic E-state index is 12.7. The van der Waals surface area contributed by atoms with E-state index in [0.717, 1.165) is 24.3 Å². The van der Waals surface area contributed by atoms with E-state index in [0.29, 0.717) is 35.6 Å². The first-order valence-corrected chi connectivity index (χ1v) is 12.8. The van der Waals surface area contributed by atoms with Crippen molar-refractivity contribution in [3.05, 3.63) is 66.5 Å². The Hall–Kier alpha value is -3.46. The lowest BCUT2D eigenvalue weighted by atomic mass is 10.1. The number of hydrogen-bond acceptors (Lipinski definition) is 7. The average Bonchev–Trinajstić information content (AvgIpc) is 3.55. The molecule has 182 valence electrons. The van der Waals surface area contributed by atoms with Gasteiger partial charge in [-0.1, -0.05) is 30.0 Å². The third-order valence-electron chi connectivity index (χ3n) is 6.14. The molecule has 0 bridgehead atoms. The molecule has 8 nitrogen and oxygen atoms in total. The van der Waals surface area contributed by atoms with Crippen LogP contribution in [0.1, 0.15) is 30.3 Å². The first-order valence-electron chi connectivity index (χ1n) is 11.8. The molecule has 1 atom stereocenters. The van der Waals surface area contributed by atoms with Crippen LogP contribution in [0, 0.1) is 6.92 Å². The Morgan fingerprint density at radius 1 is 1.20 bits per heavy atom. The van der Waals surface area contributed by atoms with Crippen LogP contribution in [0.15, 0.2) is 60.3 Å². The molecule has 1 unspecified atom stereocenters. The van der Waals surface area contributed by atoms with Crippen LogP contribution in [0.3, 0.4) is 0 Å².